The molecular formula is C14H17BrN4O2S. The Balaban J connectivity index is 1.85. The molecule has 1 aliphatic rings. The molecule has 1 saturated heterocycles. The summed E-state index contributed by atoms with van der Waals surface area (Å²) in [7, 11) is -3.15. The van der Waals surface area contributed by atoms with Gasteiger partial charge in [-0.15, -0.1) is 0 Å². The average molecular weight is 385 g/mol. The topological polar surface area (TPSA) is 75.2 Å². The fourth-order valence-corrected chi connectivity index (χ4v) is 3.97. The van der Waals surface area contributed by atoms with Crippen LogP contribution in [0.5, 0.6) is 0 Å². The summed E-state index contributed by atoms with van der Waals surface area (Å²) >= 11 is 3.46. The van der Waals surface area contributed by atoms with Gasteiger partial charge in [-0.25, -0.2) is 22.7 Å². The Labute approximate surface area is 138 Å². The zero-order valence-corrected chi connectivity index (χ0v) is 14.6. The molecule has 2 aromatic rings. The first-order valence-electron chi connectivity index (χ1n) is 7.05. The van der Waals surface area contributed by atoms with Crippen molar-refractivity contribution in [2.24, 2.45) is 0 Å². The summed E-state index contributed by atoms with van der Waals surface area (Å²) in [6.07, 6.45) is 4.55. The van der Waals surface area contributed by atoms with Crippen LogP contribution >= 0.6 is 15.9 Å². The molecule has 3 rings (SSSR count). The van der Waals surface area contributed by atoms with Crippen molar-refractivity contribution in [3.05, 3.63) is 29.0 Å². The average Bonchev–Trinajstić information content (AvgIpc) is 2.47. The van der Waals surface area contributed by atoms with Crippen molar-refractivity contribution in [2.45, 2.75) is 18.9 Å². The Morgan fingerprint density at radius 1 is 1.36 bits per heavy atom. The Hall–Kier alpha value is -1.25. The van der Waals surface area contributed by atoms with Crippen molar-refractivity contribution in [1.29, 1.82) is 0 Å². The van der Waals surface area contributed by atoms with E-state index in [1.54, 1.807) is 0 Å². The maximum Gasteiger partial charge on any atom is 0.211 e. The predicted molar refractivity (Wildman–Crippen MR) is 90.3 cm³/mol. The largest absolute Gasteiger partial charge is 0.365 e. The third-order valence-electron chi connectivity index (χ3n) is 3.79. The van der Waals surface area contributed by atoms with Gasteiger partial charge < -0.3 is 5.32 Å². The lowest BCUT2D eigenvalue weighted by molar-refractivity contribution is 0.329. The van der Waals surface area contributed by atoms with Crippen LogP contribution in [-0.4, -0.2) is 48.1 Å². The van der Waals surface area contributed by atoms with Gasteiger partial charge in [-0.05, 0) is 31.0 Å². The Bertz CT molecular complexity index is 797. The number of sulfonamides is 1. The lowest BCUT2D eigenvalue weighted by atomic mass is 10.1. The molecule has 1 N–H and O–H groups in total. The normalized spacial score (nSPS) is 20.2. The van der Waals surface area contributed by atoms with E-state index >= 15 is 0 Å². The van der Waals surface area contributed by atoms with E-state index in [1.165, 1.54) is 16.9 Å². The standard InChI is InChI=1S/C14H17BrN4O2S/c1-22(20,21)19-6-2-3-11(8-19)18-14-12-7-10(15)4-5-13(12)16-9-17-14/h4-5,7,9,11H,2-3,6,8H2,1H3,(H,16,17,18). The van der Waals surface area contributed by atoms with Gasteiger partial charge in [-0.2, -0.15) is 0 Å². The van der Waals surface area contributed by atoms with Crippen molar-refractivity contribution in [2.75, 3.05) is 24.7 Å². The van der Waals surface area contributed by atoms with Crippen molar-refractivity contribution >= 4 is 42.7 Å². The molecule has 22 heavy (non-hydrogen) atoms. The minimum Gasteiger partial charge on any atom is -0.365 e. The molecule has 0 radical (unpaired) electrons. The Morgan fingerprint density at radius 2 is 2.18 bits per heavy atom. The smallest absolute Gasteiger partial charge is 0.211 e. The molecule has 0 saturated carbocycles. The highest BCUT2D eigenvalue weighted by atomic mass is 79.9. The van der Waals surface area contributed by atoms with E-state index in [9.17, 15) is 8.42 Å². The molecule has 118 valence electrons. The highest BCUT2D eigenvalue weighted by Crippen LogP contribution is 2.25. The number of anilines is 1. The molecule has 0 aliphatic carbocycles. The number of hydrogen-bond donors (Lipinski definition) is 1. The fourth-order valence-electron chi connectivity index (χ4n) is 2.70. The van der Waals surface area contributed by atoms with Crippen LogP contribution in [0, 0.1) is 0 Å². The van der Waals surface area contributed by atoms with Gasteiger partial charge in [0.15, 0.2) is 0 Å². The second-order valence-electron chi connectivity index (χ2n) is 5.49. The van der Waals surface area contributed by atoms with E-state index in [0.717, 1.165) is 34.0 Å². The molecule has 0 amide bonds. The van der Waals surface area contributed by atoms with Gasteiger partial charge in [-0.1, -0.05) is 15.9 Å². The number of piperidine rings is 1. The molecule has 1 aromatic carbocycles. The molecule has 8 heteroatoms. The van der Waals surface area contributed by atoms with E-state index in [2.05, 4.69) is 31.2 Å². The lowest BCUT2D eigenvalue weighted by Gasteiger charge is -2.31. The summed E-state index contributed by atoms with van der Waals surface area (Å²) in [5, 5.41) is 4.30. The highest BCUT2D eigenvalue weighted by Gasteiger charge is 2.26. The van der Waals surface area contributed by atoms with Crippen LogP contribution in [0.1, 0.15) is 12.8 Å². The van der Waals surface area contributed by atoms with Crippen LogP contribution < -0.4 is 5.32 Å². The van der Waals surface area contributed by atoms with Crippen LogP contribution in [0.4, 0.5) is 5.82 Å². The minimum atomic E-state index is -3.15. The third-order valence-corrected chi connectivity index (χ3v) is 5.55. The number of nitrogens with zero attached hydrogens (tertiary/aromatic N) is 3. The zero-order valence-electron chi connectivity index (χ0n) is 12.2. The summed E-state index contributed by atoms with van der Waals surface area (Å²) in [5.74, 6) is 0.742. The minimum absolute atomic E-state index is 0.0561. The SMILES string of the molecule is CS(=O)(=O)N1CCCC(Nc2ncnc3ccc(Br)cc23)C1. The second-order valence-corrected chi connectivity index (χ2v) is 8.39. The van der Waals surface area contributed by atoms with Crippen molar-refractivity contribution in [1.82, 2.24) is 14.3 Å². The van der Waals surface area contributed by atoms with E-state index in [0.29, 0.717) is 13.1 Å². The first-order valence-corrected chi connectivity index (χ1v) is 9.69. The molecule has 1 unspecified atom stereocenters. The summed E-state index contributed by atoms with van der Waals surface area (Å²) in [6, 6.07) is 5.89. The van der Waals surface area contributed by atoms with Crippen LogP contribution in [-0.2, 0) is 10.0 Å². The number of hydrogen-bond acceptors (Lipinski definition) is 5. The number of rotatable bonds is 3. The van der Waals surface area contributed by atoms with Gasteiger partial charge in [0.1, 0.15) is 12.1 Å². The molecule has 1 fully saturated rings. The first kappa shape index (κ1) is 15.6. The van der Waals surface area contributed by atoms with E-state index < -0.39 is 10.0 Å². The quantitative estimate of drug-likeness (QED) is 0.877. The molecule has 0 spiro atoms. The summed E-state index contributed by atoms with van der Waals surface area (Å²) < 4.78 is 25.9. The van der Waals surface area contributed by atoms with E-state index in [4.69, 9.17) is 0 Å². The number of benzene rings is 1. The molecule has 2 heterocycles. The number of fused-ring (bicyclic) bond motifs is 1. The lowest BCUT2D eigenvalue weighted by Crippen LogP contribution is -2.44. The number of nitrogens with one attached hydrogen (secondary N) is 1. The predicted octanol–water partition coefficient (Wildman–Crippen LogP) is 2.23. The monoisotopic (exact) mass is 384 g/mol. The summed E-state index contributed by atoms with van der Waals surface area (Å²) in [5.41, 5.74) is 0.858. The molecule has 0 bridgehead atoms. The maximum absolute atomic E-state index is 11.7. The van der Waals surface area contributed by atoms with Gasteiger partial charge in [-0.3, -0.25) is 0 Å². The second kappa shape index (κ2) is 6.10. The van der Waals surface area contributed by atoms with Gasteiger partial charge in [0, 0.05) is 29.0 Å². The van der Waals surface area contributed by atoms with Crippen LogP contribution in [0.25, 0.3) is 10.9 Å². The van der Waals surface area contributed by atoms with E-state index in [-0.39, 0.29) is 6.04 Å². The van der Waals surface area contributed by atoms with Gasteiger partial charge >= 0.3 is 0 Å². The maximum atomic E-state index is 11.7. The van der Waals surface area contributed by atoms with Crippen LogP contribution in [0.2, 0.25) is 0 Å². The van der Waals surface area contributed by atoms with Crippen LogP contribution in [0.3, 0.4) is 0 Å². The summed E-state index contributed by atoms with van der Waals surface area (Å²) in [4.78, 5) is 8.57. The van der Waals surface area contributed by atoms with E-state index in [1.807, 2.05) is 18.2 Å². The number of aromatic nitrogens is 2. The fraction of sp³-hybridized carbons (Fsp3) is 0.429. The highest BCUT2D eigenvalue weighted by molar-refractivity contribution is 9.10. The summed E-state index contributed by atoms with van der Waals surface area (Å²) in [6.45, 7) is 1.06. The Morgan fingerprint density at radius 3 is 2.95 bits per heavy atom. The van der Waals surface area contributed by atoms with Gasteiger partial charge in [0.25, 0.3) is 0 Å². The Kier molecular flexibility index (Phi) is 4.33. The van der Waals surface area contributed by atoms with Crippen LogP contribution in [0.15, 0.2) is 29.0 Å². The van der Waals surface area contributed by atoms with Gasteiger partial charge in [0.05, 0.1) is 11.8 Å². The van der Waals surface area contributed by atoms with Crippen molar-refractivity contribution in [3.63, 3.8) is 0 Å². The molecule has 1 atom stereocenters. The molecule has 1 aromatic heterocycles. The first-order chi connectivity index (χ1) is 10.4. The molecule has 6 nitrogen and oxygen atoms in total. The van der Waals surface area contributed by atoms with Gasteiger partial charge in [0.2, 0.25) is 10.0 Å². The molecule has 1 aliphatic heterocycles. The molecular weight excluding hydrogens is 368 g/mol. The number of halogens is 1. The van der Waals surface area contributed by atoms with Crippen molar-refractivity contribution in [3.8, 4) is 0 Å². The third kappa shape index (κ3) is 3.39. The zero-order chi connectivity index (χ0) is 15.7. The van der Waals surface area contributed by atoms with Crippen molar-refractivity contribution < 1.29 is 8.42 Å².